The van der Waals surface area contributed by atoms with Crippen LogP contribution in [0.25, 0.3) is 0 Å². The Hall–Kier alpha value is -2.25. The second kappa shape index (κ2) is 8.19. The van der Waals surface area contributed by atoms with Gasteiger partial charge in [-0.15, -0.1) is 0 Å². The Morgan fingerprint density at radius 3 is 2.52 bits per heavy atom. The number of sulfonamides is 1. The average Bonchev–Trinajstić information content (AvgIpc) is 2.70. The summed E-state index contributed by atoms with van der Waals surface area (Å²) in [5.74, 6) is -0.936. The molecule has 1 fully saturated rings. The van der Waals surface area contributed by atoms with Crippen molar-refractivity contribution in [2.45, 2.75) is 24.3 Å². The molecule has 7 heteroatoms. The summed E-state index contributed by atoms with van der Waals surface area (Å²) in [5, 5.41) is 0. The summed E-state index contributed by atoms with van der Waals surface area (Å²) in [6, 6.07) is 14.6. The molecule has 0 unspecified atom stereocenters. The minimum Gasteiger partial charge on any atom is -0.341 e. The van der Waals surface area contributed by atoms with Crippen LogP contribution >= 0.6 is 0 Å². The molecule has 0 bridgehead atoms. The average molecular weight is 390 g/mol. The number of hydrogen-bond donors (Lipinski definition) is 0. The lowest BCUT2D eigenvalue weighted by Gasteiger charge is -2.33. The van der Waals surface area contributed by atoms with Crippen LogP contribution in [0.1, 0.15) is 18.4 Å². The van der Waals surface area contributed by atoms with Gasteiger partial charge < -0.3 is 4.90 Å². The van der Waals surface area contributed by atoms with Gasteiger partial charge in [0, 0.05) is 32.2 Å². The van der Waals surface area contributed by atoms with E-state index in [0.29, 0.717) is 24.9 Å². The zero-order chi connectivity index (χ0) is 19.4. The van der Waals surface area contributed by atoms with E-state index in [0.717, 1.165) is 0 Å². The van der Waals surface area contributed by atoms with Gasteiger partial charge >= 0.3 is 0 Å². The van der Waals surface area contributed by atoms with Gasteiger partial charge in [0.15, 0.2) is 0 Å². The molecule has 0 aromatic heterocycles. The summed E-state index contributed by atoms with van der Waals surface area (Å²) < 4.78 is 40.8. The number of amides is 1. The first kappa shape index (κ1) is 19.5. The standard InChI is InChI=1S/C20H23FN2O3S/c1-22(14-16-8-5-6-12-19(16)21)20(24)17-9-7-13-23(15-17)27(25,26)18-10-3-2-4-11-18/h2-6,8,10-12,17H,7,9,13-15H2,1H3/t17-/m0/s1. The van der Waals surface area contributed by atoms with Gasteiger partial charge in [-0.1, -0.05) is 36.4 Å². The van der Waals surface area contributed by atoms with E-state index < -0.39 is 15.9 Å². The predicted octanol–water partition coefficient (Wildman–Crippen LogP) is 2.89. The van der Waals surface area contributed by atoms with Crippen molar-refractivity contribution >= 4 is 15.9 Å². The molecule has 0 radical (unpaired) electrons. The fraction of sp³-hybridized carbons (Fsp3) is 0.350. The number of benzene rings is 2. The van der Waals surface area contributed by atoms with E-state index in [4.69, 9.17) is 0 Å². The molecule has 1 amide bonds. The van der Waals surface area contributed by atoms with Crippen LogP contribution in [0.5, 0.6) is 0 Å². The van der Waals surface area contributed by atoms with Gasteiger partial charge in [-0.3, -0.25) is 4.79 Å². The fourth-order valence-corrected chi connectivity index (χ4v) is 4.92. The SMILES string of the molecule is CN(Cc1ccccc1F)C(=O)[C@H]1CCCN(S(=O)(=O)c2ccccc2)C1. The molecule has 0 N–H and O–H groups in total. The Labute approximate surface area is 159 Å². The fourth-order valence-electron chi connectivity index (χ4n) is 3.38. The van der Waals surface area contributed by atoms with Crippen LogP contribution in [-0.2, 0) is 21.4 Å². The quantitative estimate of drug-likeness (QED) is 0.789. The third kappa shape index (κ3) is 4.36. The highest BCUT2D eigenvalue weighted by atomic mass is 32.2. The van der Waals surface area contributed by atoms with Crippen molar-refractivity contribution < 1.29 is 17.6 Å². The zero-order valence-electron chi connectivity index (χ0n) is 15.2. The van der Waals surface area contributed by atoms with Gasteiger partial charge in [0.05, 0.1) is 10.8 Å². The molecule has 5 nitrogen and oxygen atoms in total. The Morgan fingerprint density at radius 1 is 1.15 bits per heavy atom. The number of piperidine rings is 1. The summed E-state index contributed by atoms with van der Waals surface area (Å²) >= 11 is 0. The van der Waals surface area contributed by atoms with Crippen LogP contribution < -0.4 is 0 Å². The molecule has 2 aromatic carbocycles. The number of carbonyl (C=O) groups is 1. The summed E-state index contributed by atoms with van der Waals surface area (Å²) in [4.78, 5) is 14.5. The lowest BCUT2D eigenvalue weighted by Crippen LogP contribution is -2.45. The van der Waals surface area contributed by atoms with Gasteiger partial charge in [0.25, 0.3) is 0 Å². The highest BCUT2D eigenvalue weighted by molar-refractivity contribution is 7.89. The molecule has 2 aromatic rings. The molecular formula is C20H23FN2O3S. The van der Waals surface area contributed by atoms with E-state index in [1.54, 1.807) is 55.6 Å². The minimum absolute atomic E-state index is 0.150. The third-order valence-electron chi connectivity index (χ3n) is 4.86. The van der Waals surface area contributed by atoms with E-state index in [-0.39, 0.29) is 29.7 Å². The first-order valence-corrected chi connectivity index (χ1v) is 10.4. The smallest absolute Gasteiger partial charge is 0.243 e. The molecule has 27 heavy (non-hydrogen) atoms. The summed E-state index contributed by atoms with van der Waals surface area (Å²) in [6.45, 7) is 0.711. The van der Waals surface area contributed by atoms with Crippen molar-refractivity contribution in [1.29, 1.82) is 0 Å². The van der Waals surface area contributed by atoms with E-state index >= 15 is 0 Å². The van der Waals surface area contributed by atoms with Crippen molar-refractivity contribution in [2.24, 2.45) is 5.92 Å². The van der Waals surface area contributed by atoms with Crippen molar-refractivity contribution in [3.63, 3.8) is 0 Å². The summed E-state index contributed by atoms with van der Waals surface area (Å²) in [6.07, 6.45) is 1.25. The number of rotatable bonds is 5. The van der Waals surface area contributed by atoms with Crippen LogP contribution in [0, 0.1) is 11.7 Å². The van der Waals surface area contributed by atoms with E-state index in [1.807, 2.05) is 0 Å². The van der Waals surface area contributed by atoms with E-state index in [2.05, 4.69) is 0 Å². The predicted molar refractivity (Wildman–Crippen MR) is 101 cm³/mol. The highest BCUT2D eigenvalue weighted by Gasteiger charge is 2.34. The van der Waals surface area contributed by atoms with Gasteiger partial charge in [-0.2, -0.15) is 4.31 Å². The number of nitrogens with zero attached hydrogens (tertiary/aromatic N) is 2. The minimum atomic E-state index is -3.62. The molecule has 0 aliphatic carbocycles. The first-order valence-electron chi connectivity index (χ1n) is 8.93. The molecule has 1 heterocycles. The molecule has 1 saturated heterocycles. The highest BCUT2D eigenvalue weighted by Crippen LogP contribution is 2.25. The lowest BCUT2D eigenvalue weighted by atomic mass is 9.98. The van der Waals surface area contributed by atoms with Gasteiger partial charge in [-0.05, 0) is 31.0 Å². The van der Waals surface area contributed by atoms with Gasteiger partial charge in [-0.25, -0.2) is 12.8 Å². The van der Waals surface area contributed by atoms with Gasteiger partial charge in [0.2, 0.25) is 15.9 Å². The first-order chi connectivity index (χ1) is 12.9. The number of carbonyl (C=O) groups excluding carboxylic acids is 1. The molecule has 144 valence electrons. The lowest BCUT2D eigenvalue weighted by molar-refractivity contribution is -0.135. The van der Waals surface area contributed by atoms with Crippen LogP contribution in [0.3, 0.4) is 0 Å². The van der Waals surface area contributed by atoms with Crippen molar-refractivity contribution in [3.05, 3.63) is 66.0 Å². The van der Waals surface area contributed by atoms with Gasteiger partial charge in [0.1, 0.15) is 5.82 Å². The maximum absolute atomic E-state index is 13.8. The Morgan fingerprint density at radius 2 is 1.81 bits per heavy atom. The summed E-state index contributed by atoms with van der Waals surface area (Å²) in [5.41, 5.74) is 0.443. The number of hydrogen-bond acceptors (Lipinski definition) is 3. The van der Waals surface area contributed by atoms with Crippen LogP contribution in [0.4, 0.5) is 4.39 Å². The molecule has 0 spiro atoms. The maximum atomic E-state index is 13.8. The number of halogens is 1. The topological polar surface area (TPSA) is 57.7 Å². The molecular weight excluding hydrogens is 367 g/mol. The Kier molecular flexibility index (Phi) is 5.92. The maximum Gasteiger partial charge on any atom is 0.243 e. The monoisotopic (exact) mass is 390 g/mol. The molecule has 1 aliphatic rings. The zero-order valence-corrected chi connectivity index (χ0v) is 16.0. The van der Waals surface area contributed by atoms with Crippen LogP contribution in [0.15, 0.2) is 59.5 Å². The second-order valence-electron chi connectivity index (χ2n) is 6.80. The largest absolute Gasteiger partial charge is 0.341 e. The van der Waals surface area contributed by atoms with Crippen molar-refractivity contribution in [3.8, 4) is 0 Å². The molecule has 1 atom stereocenters. The Balaban J connectivity index is 1.70. The van der Waals surface area contributed by atoms with Crippen molar-refractivity contribution in [1.82, 2.24) is 9.21 Å². The van der Waals surface area contributed by atoms with Crippen molar-refractivity contribution in [2.75, 3.05) is 20.1 Å². The summed E-state index contributed by atoms with van der Waals surface area (Å²) in [7, 11) is -1.99. The Bertz CT molecular complexity index is 902. The third-order valence-corrected chi connectivity index (χ3v) is 6.74. The van der Waals surface area contributed by atoms with E-state index in [9.17, 15) is 17.6 Å². The molecule has 1 aliphatic heterocycles. The molecule has 3 rings (SSSR count). The van der Waals surface area contributed by atoms with Crippen LogP contribution in [-0.4, -0.2) is 43.7 Å². The van der Waals surface area contributed by atoms with Crippen LogP contribution in [0.2, 0.25) is 0 Å². The normalized spacial score (nSPS) is 18.2. The second-order valence-corrected chi connectivity index (χ2v) is 8.74. The van der Waals surface area contributed by atoms with E-state index in [1.165, 1.54) is 15.3 Å². The molecule has 0 saturated carbocycles.